The first kappa shape index (κ1) is 14.4. The van der Waals surface area contributed by atoms with Crippen LogP contribution in [0.25, 0.3) is 0 Å². The summed E-state index contributed by atoms with van der Waals surface area (Å²) in [4.78, 5) is 0.235. The second kappa shape index (κ2) is 6.35. The first-order valence-corrected chi connectivity index (χ1v) is 7.21. The topological polar surface area (TPSA) is 58.2 Å². The summed E-state index contributed by atoms with van der Waals surface area (Å²) in [6, 6.07) is 6.11. The number of benzene rings is 1. The highest BCUT2D eigenvalue weighted by molar-refractivity contribution is 7.89. The summed E-state index contributed by atoms with van der Waals surface area (Å²) in [5.74, 6) is 0.238. The third-order valence-electron chi connectivity index (χ3n) is 2.30. The largest absolute Gasteiger partial charge is 0.319 e. The minimum Gasteiger partial charge on any atom is -0.319 e. The van der Waals surface area contributed by atoms with Crippen LogP contribution in [0.4, 0.5) is 0 Å². The van der Waals surface area contributed by atoms with Gasteiger partial charge in [0.1, 0.15) is 0 Å². The fourth-order valence-corrected chi connectivity index (χ4v) is 2.66. The molecule has 1 rings (SSSR count). The lowest BCUT2D eigenvalue weighted by Gasteiger charge is -2.12. The van der Waals surface area contributed by atoms with Crippen LogP contribution in [0.2, 0.25) is 5.02 Å². The van der Waals surface area contributed by atoms with Gasteiger partial charge in [-0.2, -0.15) is 0 Å². The molecule has 96 valence electrons. The Hall–Kier alpha value is -0.620. The Balaban J connectivity index is 2.66. The highest BCUT2D eigenvalue weighted by atomic mass is 35.5. The van der Waals surface area contributed by atoms with E-state index in [0.29, 0.717) is 11.6 Å². The molecule has 0 fully saturated rings. The summed E-state index contributed by atoms with van der Waals surface area (Å²) >= 11 is 5.71. The summed E-state index contributed by atoms with van der Waals surface area (Å²) in [6.45, 7) is 3.15. The molecule has 0 saturated carbocycles. The van der Waals surface area contributed by atoms with Crippen molar-refractivity contribution in [2.45, 2.75) is 11.8 Å². The molecule has 0 amide bonds. The van der Waals surface area contributed by atoms with Gasteiger partial charge in [-0.15, -0.1) is 0 Å². The molecular formula is C11H17ClN2O2S. The monoisotopic (exact) mass is 276 g/mol. The molecule has 0 heterocycles. The van der Waals surface area contributed by atoms with Crippen molar-refractivity contribution in [1.29, 1.82) is 0 Å². The highest BCUT2D eigenvalue weighted by Crippen LogP contribution is 2.13. The third-order valence-corrected chi connectivity index (χ3v) is 3.99. The van der Waals surface area contributed by atoms with Crippen molar-refractivity contribution in [3.63, 3.8) is 0 Å². The second-order valence-corrected chi connectivity index (χ2v) is 6.17. The molecule has 17 heavy (non-hydrogen) atoms. The van der Waals surface area contributed by atoms with Crippen LogP contribution in [-0.2, 0) is 10.0 Å². The molecule has 0 radical (unpaired) electrons. The highest BCUT2D eigenvalue weighted by Gasteiger charge is 2.14. The number of hydrogen-bond donors (Lipinski definition) is 2. The third kappa shape index (κ3) is 4.63. The van der Waals surface area contributed by atoms with Crippen molar-refractivity contribution >= 4 is 21.6 Å². The van der Waals surface area contributed by atoms with Gasteiger partial charge in [0, 0.05) is 11.6 Å². The van der Waals surface area contributed by atoms with Crippen LogP contribution in [0.3, 0.4) is 0 Å². The van der Waals surface area contributed by atoms with Gasteiger partial charge in [0.05, 0.1) is 4.90 Å². The summed E-state index contributed by atoms with van der Waals surface area (Å²) in [5, 5.41) is 3.52. The molecule has 0 aromatic heterocycles. The molecule has 0 aliphatic rings. The number of hydrogen-bond acceptors (Lipinski definition) is 3. The van der Waals surface area contributed by atoms with E-state index in [1.165, 1.54) is 12.1 Å². The summed E-state index contributed by atoms with van der Waals surface area (Å²) in [7, 11) is -1.59. The molecule has 4 nitrogen and oxygen atoms in total. The van der Waals surface area contributed by atoms with Gasteiger partial charge in [-0.1, -0.05) is 18.5 Å². The molecule has 6 heteroatoms. The fourth-order valence-electron chi connectivity index (χ4n) is 1.37. The zero-order valence-corrected chi connectivity index (χ0v) is 11.5. The van der Waals surface area contributed by atoms with Crippen molar-refractivity contribution in [2.24, 2.45) is 5.92 Å². The Morgan fingerprint density at radius 3 is 2.35 bits per heavy atom. The molecule has 1 aromatic rings. The van der Waals surface area contributed by atoms with Gasteiger partial charge < -0.3 is 5.32 Å². The summed E-state index contributed by atoms with van der Waals surface area (Å²) in [5.41, 5.74) is 0. The van der Waals surface area contributed by atoms with Crippen molar-refractivity contribution in [2.75, 3.05) is 20.1 Å². The van der Waals surface area contributed by atoms with Gasteiger partial charge in [0.2, 0.25) is 10.0 Å². The van der Waals surface area contributed by atoms with Crippen LogP contribution in [0, 0.1) is 5.92 Å². The van der Waals surface area contributed by atoms with E-state index in [2.05, 4.69) is 10.0 Å². The fraction of sp³-hybridized carbons (Fsp3) is 0.455. The number of sulfonamides is 1. The standard InChI is InChI=1S/C11H17ClN2O2S/c1-9(7-13-2)8-14-17(15,16)11-5-3-10(12)4-6-11/h3-6,9,13-14H,7-8H2,1-2H3. The van der Waals surface area contributed by atoms with E-state index < -0.39 is 10.0 Å². The predicted molar refractivity (Wildman–Crippen MR) is 69.7 cm³/mol. The molecule has 0 aliphatic heterocycles. The van der Waals surface area contributed by atoms with E-state index in [0.717, 1.165) is 6.54 Å². The minimum atomic E-state index is -3.43. The van der Waals surface area contributed by atoms with Gasteiger partial charge in [-0.25, -0.2) is 13.1 Å². The molecule has 1 aromatic carbocycles. The Kier molecular flexibility index (Phi) is 5.39. The second-order valence-electron chi connectivity index (χ2n) is 3.97. The Morgan fingerprint density at radius 1 is 1.24 bits per heavy atom. The smallest absolute Gasteiger partial charge is 0.240 e. The van der Waals surface area contributed by atoms with Crippen LogP contribution in [0.1, 0.15) is 6.92 Å². The summed E-state index contributed by atoms with van der Waals surface area (Å²) in [6.07, 6.45) is 0. The van der Waals surface area contributed by atoms with Crippen LogP contribution in [0.5, 0.6) is 0 Å². The molecular weight excluding hydrogens is 260 g/mol. The first-order valence-electron chi connectivity index (χ1n) is 5.35. The molecule has 0 bridgehead atoms. The van der Waals surface area contributed by atoms with Crippen molar-refractivity contribution in [3.8, 4) is 0 Å². The quantitative estimate of drug-likeness (QED) is 0.827. The normalized spacial score (nSPS) is 13.6. The lowest BCUT2D eigenvalue weighted by Crippen LogP contribution is -2.32. The maximum atomic E-state index is 11.9. The Labute approximate surface area is 107 Å². The molecule has 1 unspecified atom stereocenters. The van der Waals surface area contributed by atoms with E-state index >= 15 is 0 Å². The summed E-state index contributed by atoms with van der Waals surface area (Å²) < 4.78 is 26.3. The number of rotatable bonds is 6. The molecule has 1 atom stereocenters. The zero-order chi connectivity index (χ0) is 12.9. The Bertz CT molecular complexity index is 445. The lowest BCUT2D eigenvalue weighted by atomic mass is 10.2. The number of nitrogens with one attached hydrogen (secondary N) is 2. The molecule has 2 N–H and O–H groups in total. The van der Waals surface area contributed by atoms with E-state index in [1.807, 2.05) is 14.0 Å². The zero-order valence-electron chi connectivity index (χ0n) is 9.90. The number of halogens is 1. The Morgan fingerprint density at radius 2 is 1.82 bits per heavy atom. The van der Waals surface area contributed by atoms with Crippen LogP contribution in [-0.4, -0.2) is 28.6 Å². The predicted octanol–water partition coefficient (Wildman–Crippen LogP) is 1.47. The average molecular weight is 277 g/mol. The first-order chi connectivity index (χ1) is 7.95. The van der Waals surface area contributed by atoms with Crippen molar-refractivity contribution in [3.05, 3.63) is 29.3 Å². The van der Waals surface area contributed by atoms with Crippen LogP contribution >= 0.6 is 11.6 Å². The van der Waals surface area contributed by atoms with Gasteiger partial charge >= 0.3 is 0 Å². The van der Waals surface area contributed by atoms with Gasteiger partial charge in [-0.05, 0) is 43.8 Å². The maximum absolute atomic E-state index is 11.9. The van der Waals surface area contributed by atoms with Crippen LogP contribution < -0.4 is 10.0 Å². The van der Waals surface area contributed by atoms with Crippen LogP contribution in [0.15, 0.2) is 29.2 Å². The van der Waals surface area contributed by atoms with E-state index in [1.54, 1.807) is 12.1 Å². The molecule has 0 aliphatic carbocycles. The lowest BCUT2D eigenvalue weighted by molar-refractivity contribution is 0.519. The van der Waals surface area contributed by atoms with Gasteiger partial charge in [0.15, 0.2) is 0 Å². The SMILES string of the molecule is CNCC(C)CNS(=O)(=O)c1ccc(Cl)cc1. The average Bonchev–Trinajstić information content (AvgIpc) is 2.28. The molecule has 0 saturated heterocycles. The minimum absolute atomic E-state index is 0.235. The van der Waals surface area contributed by atoms with E-state index in [-0.39, 0.29) is 10.8 Å². The van der Waals surface area contributed by atoms with E-state index in [4.69, 9.17) is 11.6 Å². The van der Waals surface area contributed by atoms with E-state index in [9.17, 15) is 8.42 Å². The van der Waals surface area contributed by atoms with Crippen molar-refractivity contribution in [1.82, 2.24) is 10.0 Å². The van der Waals surface area contributed by atoms with Crippen molar-refractivity contribution < 1.29 is 8.42 Å². The maximum Gasteiger partial charge on any atom is 0.240 e. The van der Waals surface area contributed by atoms with Gasteiger partial charge in [0.25, 0.3) is 0 Å². The molecule has 0 spiro atoms. The van der Waals surface area contributed by atoms with Gasteiger partial charge in [-0.3, -0.25) is 0 Å².